The van der Waals surface area contributed by atoms with Crippen molar-refractivity contribution < 1.29 is 19.8 Å². The average molecular weight is 312 g/mol. The van der Waals surface area contributed by atoms with Crippen LogP contribution >= 0.6 is 0 Å². The third-order valence-electron chi connectivity index (χ3n) is 3.81. The summed E-state index contributed by atoms with van der Waals surface area (Å²) < 4.78 is 0. The van der Waals surface area contributed by atoms with Gasteiger partial charge in [-0.3, -0.25) is 4.79 Å². The van der Waals surface area contributed by atoms with E-state index in [9.17, 15) is 14.7 Å². The zero-order chi connectivity index (χ0) is 16.6. The Balaban J connectivity index is 3.71. The Morgan fingerprint density at radius 3 is 1.91 bits per heavy atom. The first-order chi connectivity index (χ1) is 10.6. The highest BCUT2D eigenvalue weighted by atomic mass is 16.4. The summed E-state index contributed by atoms with van der Waals surface area (Å²) in [5.74, 6) is -1.53. The van der Waals surface area contributed by atoms with Crippen LogP contribution in [0.2, 0.25) is 0 Å². The topological polar surface area (TPSA) is 74.6 Å². The first kappa shape index (κ1) is 20.7. The van der Waals surface area contributed by atoms with Crippen LogP contribution in [0.3, 0.4) is 0 Å². The maximum atomic E-state index is 11.2. The van der Waals surface area contributed by atoms with E-state index in [0.29, 0.717) is 18.4 Å². The van der Waals surface area contributed by atoms with Crippen LogP contribution in [0.5, 0.6) is 0 Å². The maximum absolute atomic E-state index is 11.2. The minimum absolute atomic E-state index is 0.234. The molecule has 0 saturated carbocycles. The molecule has 0 aliphatic rings. The summed E-state index contributed by atoms with van der Waals surface area (Å²) in [6.07, 6.45) is 14.1. The first-order valence-corrected chi connectivity index (χ1v) is 8.72. The van der Waals surface area contributed by atoms with Crippen molar-refractivity contribution in [2.75, 3.05) is 0 Å². The quantitative estimate of drug-likeness (QED) is 0.323. The highest BCUT2D eigenvalue weighted by molar-refractivity contribution is 5.86. The van der Waals surface area contributed by atoms with E-state index in [1.807, 2.05) is 6.08 Å². The lowest BCUT2D eigenvalue weighted by molar-refractivity contribution is -0.137. The second kappa shape index (κ2) is 14.6. The molecule has 0 spiro atoms. The highest BCUT2D eigenvalue weighted by Gasteiger charge is 2.06. The number of hydrogen-bond acceptors (Lipinski definition) is 2. The van der Waals surface area contributed by atoms with Gasteiger partial charge in [0.15, 0.2) is 0 Å². The number of rotatable bonds is 15. The monoisotopic (exact) mass is 312 g/mol. The Hall–Kier alpha value is -1.32. The first-order valence-electron chi connectivity index (χ1n) is 8.72. The molecule has 0 aromatic carbocycles. The van der Waals surface area contributed by atoms with Crippen molar-refractivity contribution in [3.8, 4) is 0 Å². The molecule has 0 saturated heterocycles. The third-order valence-corrected chi connectivity index (χ3v) is 3.81. The lowest BCUT2D eigenvalue weighted by atomic mass is 10.0. The van der Waals surface area contributed by atoms with Gasteiger partial charge < -0.3 is 10.2 Å². The van der Waals surface area contributed by atoms with E-state index in [2.05, 4.69) is 6.92 Å². The van der Waals surface area contributed by atoms with Gasteiger partial charge in [-0.2, -0.15) is 0 Å². The molecule has 0 aromatic heterocycles. The summed E-state index contributed by atoms with van der Waals surface area (Å²) >= 11 is 0. The number of hydrogen-bond donors (Lipinski definition) is 2. The van der Waals surface area contributed by atoms with Gasteiger partial charge in [-0.05, 0) is 32.1 Å². The molecular weight excluding hydrogens is 280 g/mol. The fourth-order valence-corrected chi connectivity index (χ4v) is 2.44. The molecule has 0 rings (SSSR count). The van der Waals surface area contributed by atoms with Gasteiger partial charge >= 0.3 is 11.9 Å². The second-order valence-corrected chi connectivity index (χ2v) is 5.90. The average Bonchev–Trinajstić information content (AvgIpc) is 2.46. The molecule has 0 bridgehead atoms. The lowest BCUT2D eigenvalue weighted by Crippen LogP contribution is -2.01. The molecule has 0 atom stereocenters. The molecule has 0 aliphatic heterocycles. The number of unbranched alkanes of at least 4 members (excludes halogenated alkanes) is 9. The molecule has 0 radical (unpaired) electrons. The third kappa shape index (κ3) is 13.7. The van der Waals surface area contributed by atoms with Crippen molar-refractivity contribution in [1.29, 1.82) is 0 Å². The summed E-state index contributed by atoms with van der Waals surface area (Å²) in [6.45, 7) is 2.18. The number of aliphatic carboxylic acids is 2. The van der Waals surface area contributed by atoms with Crippen molar-refractivity contribution in [3.63, 3.8) is 0 Å². The molecule has 0 unspecified atom stereocenters. The van der Waals surface area contributed by atoms with E-state index in [0.717, 1.165) is 38.5 Å². The molecule has 0 heterocycles. The number of carboxylic acids is 2. The van der Waals surface area contributed by atoms with E-state index >= 15 is 0 Å². The molecule has 2 N–H and O–H groups in total. The van der Waals surface area contributed by atoms with Gasteiger partial charge in [-0.1, -0.05) is 57.9 Å². The van der Waals surface area contributed by atoms with Crippen molar-refractivity contribution >= 4 is 11.9 Å². The van der Waals surface area contributed by atoms with E-state index in [1.54, 1.807) is 0 Å². The SMILES string of the molecule is CCCCCCCC=C(CCCCCCCC(=O)O)C(=O)O. The fourth-order valence-electron chi connectivity index (χ4n) is 2.44. The van der Waals surface area contributed by atoms with Crippen LogP contribution in [0, 0.1) is 0 Å². The van der Waals surface area contributed by atoms with E-state index in [4.69, 9.17) is 5.11 Å². The van der Waals surface area contributed by atoms with E-state index in [-0.39, 0.29) is 6.42 Å². The zero-order valence-corrected chi connectivity index (χ0v) is 14.0. The highest BCUT2D eigenvalue weighted by Crippen LogP contribution is 2.14. The van der Waals surface area contributed by atoms with Gasteiger partial charge in [0.1, 0.15) is 0 Å². The lowest BCUT2D eigenvalue weighted by Gasteiger charge is -2.04. The number of carboxylic acid groups (broad SMARTS) is 2. The molecule has 0 fully saturated rings. The zero-order valence-electron chi connectivity index (χ0n) is 14.0. The molecule has 0 aromatic rings. The molecule has 128 valence electrons. The van der Waals surface area contributed by atoms with Gasteiger partial charge in [0, 0.05) is 12.0 Å². The smallest absolute Gasteiger partial charge is 0.331 e. The Morgan fingerprint density at radius 2 is 1.32 bits per heavy atom. The van der Waals surface area contributed by atoms with Crippen LogP contribution in [-0.4, -0.2) is 22.2 Å². The van der Waals surface area contributed by atoms with Crippen molar-refractivity contribution in [3.05, 3.63) is 11.6 Å². The second-order valence-electron chi connectivity index (χ2n) is 5.90. The van der Waals surface area contributed by atoms with Crippen LogP contribution in [0.15, 0.2) is 11.6 Å². The van der Waals surface area contributed by atoms with Crippen molar-refractivity contribution in [2.45, 2.75) is 90.4 Å². The Morgan fingerprint density at radius 1 is 0.773 bits per heavy atom. The minimum Gasteiger partial charge on any atom is -0.481 e. The number of allylic oxidation sites excluding steroid dienone is 1. The predicted molar refractivity (Wildman–Crippen MR) is 89.0 cm³/mol. The summed E-state index contributed by atoms with van der Waals surface area (Å²) in [5.41, 5.74) is 0.543. The molecule has 4 nitrogen and oxygen atoms in total. The molecule has 0 aliphatic carbocycles. The summed E-state index contributed by atoms with van der Waals surface area (Å²) in [6, 6.07) is 0. The summed E-state index contributed by atoms with van der Waals surface area (Å²) in [7, 11) is 0. The van der Waals surface area contributed by atoms with Gasteiger partial charge in [-0.15, -0.1) is 0 Å². The van der Waals surface area contributed by atoms with Crippen LogP contribution < -0.4 is 0 Å². The Bertz CT molecular complexity index is 334. The van der Waals surface area contributed by atoms with Crippen molar-refractivity contribution in [2.24, 2.45) is 0 Å². The summed E-state index contributed by atoms with van der Waals surface area (Å²) in [5, 5.41) is 17.7. The molecule has 0 amide bonds. The standard InChI is InChI=1S/C18H32O4/c1-2-3-4-5-7-10-13-16(18(21)22)14-11-8-6-9-12-15-17(19)20/h13H,2-12,14-15H2,1H3,(H,19,20)(H,21,22). The van der Waals surface area contributed by atoms with Gasteiger partial charge in [-0.25, -0.2) is 4.79 Å². The van der Waals surface area contributed by atoms with Crippen LogP contribution in [0.1, 0.15) is 90.4 Å². The fraction of sp³-hybridized carbons (Fsp3) is 0.778. The van der Waals surface area contributed by atoms with Crippen molar-refractivity contribution in [1.82, 2.24) is 0 Å². The number of carbonyl (C=O) groups is 2. The predicted octanol–water partition coefficient (Wildman–Crippen LogP) is 5.17. The van der Waals surface area contributed by atoms with E-state index in [1.165, 1.54) is 25.7 Å². The van der Waals surface area contributed by atoms with Gasteiger partial charge in [0.25, 0.3) is 0 Å². The Kier molecular flexibility index (Phi) is 13.7. The van der Waals surface area contributed by atoms with Gasteiger partial charge in [0.05, 0.1) is 0 Å². The Labute approximate surface area is 134 Å². The largest absolute Gasteiger partial charge is 0.481 e. The molecule has 4 heteroatoms. The van der Waals surface area contributed by atoms with Crippen LogP contribution in [0.4, 0.5) is 0 Å². The van der Waals surface area contributed by atoms with E-state index < -0.39 is 11.9 Å². The molecule has 22 heavy (non-hydrogen) atoms. The molecular formula is C18H32O4. The minimum atomic E-state index is -0.792. The van der Waals surface area contributed by atoms with Crippen LogP contribution in [0.25, 0.3) is 0 Å². The normalized spacial score (nSPS) is 11.6. The van der Waals surface area contributed by atoms with Crippen LogP contribution in [-0.2, 0) is 9.59 Å². The van der Waals surface area contributed by atoms with Gasteiger partial charge in [0.2, 0.25) is 0 Å². The summed E-state index contributed by atoms with van der Waals surface area (Å²) in [4.78, 5) is 21.5. The maximum Gasteiger partial charge on any atom is 0.331 e.